The zero-order valence-electron chi connectivity index (χ0n) is 8.03. The van der Waals surface area contributed by atoms with E-state index in [0.29, 0.717) is 12.4 Å². The molecule has 0 fully saturated rings. The van der Waals surface area contributed by atoms with Gasteiger partial charge in [-0.1, -0.05) is 6.92 Å². The first-order valence-electron chi connectivity index (χ1n) is 4.47. The lowest BCUT2D eigenvalue weighted by atomic mass is 10.4. The van der Waals surface area contributed by atoms with Gasteiger partial charge in [-0.15, -0.1) is 21.8 Å². The topological polar surface area (TPSA) is 59.8 Å². The monoisotopic (exact) mass is 216 g/mol. The number of alkyl halides is 1. The van der Waals surface area contributed by atoms with Crippen molar-refractivity contribution < 1.29 is 4.79 Å². The minimum atomic E-state index is -0.0435. The summed E-state index contributed by atoms with van der Waals surface area (Å²) in [6, 6.07) is 0. The van der Waals surface area contributed by atoms with Crippen LogP contribution in [0.3, 0.4) is 0 Å². The fraction of sp³-hybridized carbons (Fsp3) is 0.625. The maximum absolute atomic E-state index is 11.3. The van der Waals surface area contributed by atoms with E-state index in [-0.39, 0.29) is 18.3 Å². The standard InChI is InChI=1S/C8H13ClN4O/c1-2-3-10-8(14)5-13-6-11-12-7(13)4-9/h6H,2-5H2,1H3,(H,10,14). The predicted octanol–water partition coefficient (Wildman–Crippen LogP) is 0.543. The fourth-order valence-corrected chi connectivity index (χ4v) is 1.20. The van der Waals surface area contributed by atoms with Crippen LogP contribution in [0.1, 0.15) is 19.2 Å². The van der Waals surface area contributed by atoms with Crippen molar-refractivity contribution >= 4 is 17.5 Å². The van der Waals surface area contributed by atoms with Crippen LogP contribution >= 0.6 is 11.6 Å². The van der Waals surface area contributed by atoms with Crippen LogP contribution < -0.4 is 5.32 Å². The molecule has 0 radical (unpaired) electrons. The minimum Gasteiger partial charge on any atom is -0.355 e. The van der Waals surface area contributed by atoms with Crippen molar-refractivity contribution in [2.45, 2.75) is 25.8 Å². The van der Waals surface area contributed by atoms with Crippen molar-refractivity contribution in [2.24, 2.45) is 0 Å². The summed E-state index contributed by atoms with van der Waals surface area (Å²) in [4.78, 5) is 11.3. The molecule has 0 aliphatic heterocycles. The van der Waals surface area contributed by atoms with Gasteiger partial charge in [-0.2, -0.15) is 0 Å². The second-order valence-corrected chi connectivity index (χ2v) is 3.13. The van der Waals surface area contributed by atoms with Crippen molar-refractivity contribution in [1.82, 2.24) is 20.1 Å². The molecule has 0 saturated carbocycles. The van der Waals surface area contributed by atoms with Gasteiger partial charge in [0.1, 0.15) is 18.7 Å². The molecule has 0 unspecified atom stereocenters. The Hall–Kier alpha value is -1.10. The average Bonchev–Trinajstić information content (AvgIpc) is 2.62. The lowest BCUT2D eigenvalue weighted by molar-refractivity contribution is -0.121. The van der Waals surface area contributed by atoms with Crippen molar-refractivity contribution in [3.63, 3.8) is 0 Å². The van der Waals surface area contributed by atoms with E-state index in [1.54, 1.807) is 4.57 Å². The quantitative estimate of drug-likeness (QED) is 0.731. The molecule has 1 N–H and O–H groups in total. The zero-order chi connectivity index (χ0) is 10.4. The smallest absolute Gasteiger partial charge is 0.240 e. The van der Waals surface area contributed by atoms with Crippen LogP contribution in [0.2, 0.25) is 0 Å². The molecule has 1 amide bonds. The molecule has 0 aromatic carbocycles. The summed E-state index contributed by atoms with van der Waals surface area (Å²) in [5, 5.41) is 10.2. The molecule has 6 heteroatoms. The van der Waals surface area contributed by atoms with E-state index >= 15 is 0 Å². The Morgan fingerprint density at radius 3 is 3.14 bits per heavy atom. The summed E-state index contributed by atoms with van der Waals surface area (Å²) in [7, 11) is 0. The molecule has 1 rings (SSSR count). The Morgan fingerprint density at radius 1 is 1.71 bits per heavy atom. The summed E-state index contributed by atoms with van der Waals surface area (Å²) >= 11 is 5.61. The number of hydrogen-bond donors (Lipinski definition) is 1. The van der Waals surface area contributed by atoms with Crippen LogP contribution in [-0.2, 0) is 17.2 Å². The summed E-state index contributed by atoms with van der Waals surface area (Å²) < 4.78 is 1.64. The van der Waals surface area contributed by atoms with Crippen molar-refractivity contribution in [3.05, 3.63) is 12.2 Å². The van der Waals surface area contributed by atoms with Crippen molar-refractivity contribution in [3.8, 4) is 0 Å². The Kier molecular flexibility index (Phi) is 4.39. The normalized spacial score (nSPS) is 10.1. The average molecular weight is 217 g/mol. The molecule has 1 aromatic heterocycles. The third-order valence-electron chi connectivity index (χ3n) is 1.70. The second-order valence-electron chi connectivity index (χ2n) is 2.86. The molecule has 0 bridgehead atoms. The Morgan fingerprint density at radius 2 is 2.50 bits per heavy atom. The maximum atomic E-state index is 11.3. The molecular weight excluding hydrogens is 204 g/mol. The Bertz CT molecular complexity index is 299. The number of halogens is 1. The predicted molar refractivity (Wildman–Crippen MR) is 52.9 cm³/mol. The lowest BCUT2D eigenvalue weighted by Gasteiger charge is -2.05. The first kappa shape index (κ1) is 11.0. The van der Waals surface area contributed by atoms with Gasteiger partial charge in [0.25, 0.3) is 0 Å². The van der Waals surface area contributed by atoms with E-state index in [0.717, 1.165) is 6.42 Å². The van der Waals surface area contributed by atoms with Crippen LogP contribution in [0, 0.1) is 0 Å². The van der Waals surface area contributed by atoms with E-state index in [1.165, 1.54) is 6.33 Å². The summed E-state index contributed by atoms with van der Waals surface area (Å²) in [5.74, 6) is 0.831. The van der Waals surface area contributed by atoms with Gasteiger partial charge >= 0.3 is 0 Å². The van der Waals surface area contributed by atoms with E-state index < -0.39 is 0 Å². The first-order valence-corrected chi connectivity index (χ1v) is 5.00. The highest BCUT2D eigenvalue weighted by Crippen LogP contribution is 1.98. The van der Waals surface area contributed by atoms with Crippen molar-refractivity contribution in [2.75, 3.05) is 6.54 Å². The third kappa shape index (κ3) is 2.99. The highest BCUT2D eigenvalue weighted by Gasteiger charge is 2.06. The largest absolute Gasteiger partial charge is 0.355 e. The van der Waals surface area contributed by atoms with Crippen LogP contribution in [0.5, 0.6) is 0 Å². The third-order valence-corrected chi connectivity index (χ3v) is 1.94. The molecular formula is C8H13ClN4O. The SMILES string of the molecule is CCCNC(=O)Cn1cnnc1CCl. The molecule has 0 aliphatic rings. The number of hydrogen-bond acceptors (Lipinski definition) is 3. The van der Waals surface area contributed by atoms with Gasteiger partial charge in [-0.3, -0.25) is 4.79 Å². The molecule has 78 valence electrons. The maximum Gasteiger partial charge on any atom is 0.240 e. The second kappa shape index (κ2) is 5.59. The van der Waals surface area contributed by atoms with Gasteiger partial charge in [0.05, 0.1) is 5.88 Å². The lowest BCUT2D eigenvalue weighted by Crippen LogP contribution is -2.28. The van der Waals surface area contributed by atoms with Gasteiger partial charge in [0, 0.05) is 6.54 Å². The van der Waals surface area contributed by atoms with E-state index in [4.69, 9.17) is 11.6 Å². The number of amides is 1. The number of nitrogens with zero attached hydrogens (tertiary/aromatic N) is 3. The van der Waals surface area contributed by atoms with E-state index in [2.05, 4.69) is 15.5 Å². The molecule has 1 heterocycles. The zero-order valence-corrected chi connectivity index (χ0v) is 8.79. The highest BCUT2D eigenvalue weighted by atomic mass is 35.5. The van der Waals surface area contributed by atoms with Crippen LogP contribution in [-0.4, -0.2) is 27.2 Å². The van der Waals surface area contributed by atoms with Crippen LogP contribution in [0.15, 0.2) is 6.33 Å². The molecule has 0 atom stereocenters. The fourth-order valence-electron chi connectivity index (χ4n) is 0.989. The Labute approximate surface area is 87.5 Å². The van der Waals surface area contributed by atoms with E-state index in [9.17, 15) is 4.79 Å². The molecule has 1 aromatic rings. The first-order chi connectivity index (χ1) is 6.77. The van der Waals surface area contributed by atoms with Crippen LogP contribution in [0.4, 0.5) is 0 Å². The Balaban J connectivity index is 2.47. The molecule has 14 heavy (non-hydrogen) atoms. The van der Waals surface area contributed by atoms with Gasteiger partial charge in [-0.25, -0.2) is 0 Å². The van der Waals surface area contributed by atoms with Gasteiger partial charge in [0.15, 0.2) is 0 Å². The molecule has 0 spiro atoms. The summed E-state index contributed by atoms with van der Waals surface area (Å²) in [5.41, 5.74) is 0. The number of carbonyl (C=O) groups is 1. The van der Waals surface area contributed by atoms with Crippen molar-refractivity contribution in [1.29, 1.82) is 0 Å². The van der Waals surface area contributed by atoms with Gasteiger partial charge in [-0.05, 0) is 6.42 Å². The summed E-state index contributed by atoms with van der Waals surface area (Å²) in [6.45, 7) is 2.93. The van der Waals surface area contributed by atoms with Gasteiger partial charge in [0.2, 0.25) is 5.91 Å². The summed E-state index contributed by atoms with van der Waals surface area (Å²) in [6.07, 6.45) is 2.43. The number of carbonyl (C=O) groups excluding carboxylic acids is 1. The minimum absolute atomic E-state index is 0.0435. The highest BCUT2D eigenvalue weighted by molar-refractivity contribution is 6.16. The van der Waals surface area contributed by atoms with Gasteiger partial charge < -0.3 is 9.88 Å². The molecule has 0 saturated heterocycles. The van der Waals surface area contributed by atoms with E-state index in [1.807, 2.05) is 6.92 Å². The number of nitrogens with one attached hydrogen (secondary N) is 1. The number of rotatable bonds is 5. The number of aromatic nitrogens is 3. The van der Waals surface area contributed by atoms with Crippen LogP contribution in [0.25, 0.3) is 0 Å². The molecule has 5 nitrogen and oxygen atoms in total. The molecule has 0 aliphatic carbocycles.